The molecular weight excluding hydrogens is 494 g/mol. The lowest BCUT2D eigenvalue weighted by Gasteiger charge is -2.04. The van der Waals surface area contributed by atoms with Gasteiger partial charge >= 0.3 is 0 Å². The predicted molar refractivity (Wildman–Crippen MR) is 136 cm³/mol. The molecule has 186 valence electrons. The zero-order chi connectivity index (χ0) is 25.5. The Hall–Kier alpha value is -4.42. The van der Waals surface area contributed by atoms with E-state index in [1.54, 1.807) is 31.9 Å². The molecule has 0 atom stereocenters. The molecule has 0 saturated carbocycles. The highest BCUT2D eigenvalue weighted by molar-refractivity contribution is 6.16. The fourth-order valence-electron chi connectivity index (χ4n) is 3.68. The summed E-state index contributed by atoms with van der Waals surface area (Å²) in [5.41, 5.74) is 6.81. The Bertz CT molecular complexity index is 1590. The minimum absolute atomic E-state index is 0.288. The topological polar surface area (TPSA) is 157 Å². The molecule has 0 aliphatic rings. The standard InChI is InChI=1S/C12H10ClN5.C12H12N6O/c13-6-11-16-9(5-8-3-1-2-4-14-8)12-10(17-11)7-15-18-12;1-19-6-11-16-9(4-8-2-3-13-7-14-8)12-10(17-11)5-15-18-12/h1-4,7H,5-6H2,(H,15,18);2-3,5,7H,4,6H2,1H3,(H,15,18). The van der Waals surface area contributed by atoms with Gasteiger partial charge in [0.1, 0.15) is 40.8 Å². The monoisotopic (exact) mass is 515 g/mol. The van der Waals surface area contributed by atoms with Crippen molar-refractivity contribution in [3.8, 4) is 0 Å². The molecule has 37 heavy (non-hydrogen) atoms. The van der Waals surface area contributed by atoms with E-state index in [2.05, 4.69) is 55.3 Å². The van der Waals surface area contributed by atoms with Gasteiger partial charge in [0.25, 0.3) is 0 Å². The summed E-state index contributed by atoms with van der Waals surface area (Å²) in [5, 5.41) is 13.8. The number of aromatic amines is 2. The van der Waals surface area contributed by atoms with E-state index in [-0.39, 0.29) is 5.88 Å². The molecule has 0 spiro atoms. The molecule has 13 heteroatoms. The second-order valence-corrected chi connectivity index (χ2v) is 8.14. The normalized spacial score (nSPS) is 11.0. The number of H-pyrrole nitrogens is 2. The van der Waals surface area contributed by atoms with Crippen LogP contribution < -0.4 is 0 Å². The summed E-state index contributed by atoms with van der Waals surface area (Å²) in [6.07, 6.45) is 9.59. The van der Waals surface area contributed by atoms with Crippen molar-refractivity contribution in [1.82, 2.24) is 55.3 Å². The van der Waals surface area contributed by atoms with Crippen molar-refractivity contribution >= 4 is 33.7 Å². The molecule has 0 aliphatic carbocycles. The zero-order valence-electron chi connectivity index (χ0n) is 19.8. The Morgan fingerprint density at radius 2 is 1.46 bits per heavy atom. The molecule has 12 nitrogen and oxygen atoms in total. The summed E-state index contributed by atoms with van der Waals surface area (Å²) in [4.78, 5) is 30.0. The maximum Gasteiger partial charge on any atom is 0.155 e. The third kappa shape index (κ3) is 5.88. The molecule has 0 radical (unpaired) electrons. The summed E-state index contributed by atoms with van der Waals surface area (Å²) in [7, 11) is 1.62. The molecule has 2 N–H and O–H groups in total. The minimum Gasteiger partial charge on any atom is -0.377 e. The highest BCUT2D eigenvalue weighted by Crippen LogP contribution is 2.17. The van der Waals surface area contributed by atoms with Gasteiger partial charge in [0.05, 0.1) is 29.7 Å². The van der Waals surface area contributed by atoms with E-state index < -0.39 is 0 Å². The summed E-state index contributed by atoms with van der Waals surface area (Å²) in [6, 6.07) is 7.67. The average Bonchev–Trinajstić information content (AvgIpc) is 3.60. The first-order valence-electron chi connectivity index (χ1n) is 11.3. The van der Waals surface area contributed by atoms with Gasteiger partial charge in [0.2, 0.25) is 0 Å². The van der Waals surface area contributed by atoms with Crippen LogP contribution in [0.5, 0.6) is 0 Å². The molecule has 6 heterocycles. The van der Waals surface area contributed by atoms with E-state index in [1.165, 1.54) is 6.33 Å². The van der Waals surface area contributed by atoms with Crippen molar-refractivity contribution < 1.29 is 4.74 Å². The Kier molecular flexibility index (Phi) is 7.58. The summed E-state index contributed by atoms with van der Waals surface area (Å²) in [6.45, 7) is 0.373. The highest BCUT2D eigenvalue weighted by atomic mass is 35.5. The number of nitrogens with zero attached hydrogens (tertiary/aromatic N) is 9. The molecule has 6 rings (SSSR count). The summed E-state index contributed by atoms with van der Waals surface area (Å²) < 4.78 is 5.08. The lowest BCUT2D eigenvalue weighted by atomic mass is 10.2. The largest absolute Gasteiger partial charge is 0.377 e. The number of rotatable bonds is 7. The number of fused-ring (bicyclic) bond motifs is 2. The van der Waals surface area contributed by atoms with E-state index in [1.807, 2.05) is 24.3 Å². The van der Waals surface area contributed by atoms with Gasteiger partial charge in [-0.3, -0.25) is 15.2 Å². The fourth-order valence-corrected chi connectivity index (χ4v) is 3.80. The number of nitrogens with one attached hydrogen (secondary N) is 2. The second kappa shape index (κ2) is 11.5. The predicted octanol–water partition coefficient (Wildman–Crippen LogP) is 2.96. The minimum atomic E-state index is 0.288. The van der Waals surface area contributed by atoms with Crippen LogP contribution >= 0.6 is 11.6 Å². The molecule has 6 aromatic heterocycles. The zero-order valence-corrected chi connectivity index (χ0v) is 20.6. The number of aromatic nitrogens is 11. The molecule has 0 aromatic carbocycles. The van der Waals surface area contributed by atoms with Gasteiger partial charge in [-0.1, -0.05) is 6.07 Å². The van der Waals surface area contributed by atoms with E-state index in [9.17, 15) is 0 Å². The molecule has 0 bridgehead atoms. The van der Waals surface area contributed by atoms with Crippen LogP contribution in [0.25, 0.3) is 22.1 Å². The van der Waals surface area contributed by atoms with Crippen molar-refractivity contribution in [2.24, 2.45) is 0 Å². The van der Waals surface area contributed by atoms with Crippen molar-refractivity contribution in [3.05, 3.63) is 89.8 Å². The Morgan fingerprint density at radius 3 is 2.05 bits per heavy atom. The number of hydrogen-bond acceptors (Lipinski definition) is 10. The van der Waals surface area contributed by atoms with Crippen LogP contribution in [-0.2, 0) is 30.1 Å². The SMILES string of the molecule is COCc1nc(Cc2ccncn2)c2[nH]ncc2n1.ClCc1nc(Cc2ccccn2)c2[nH]ncc2n1. The van der Waals surface area contributed by atoms with Crippen molar-refractivity contribution in [1.29, 1.82) is 0 Å². The van der Waals surface area contributed by atoms with Crippen LogP contribution in [0.1, 0.15) is 34.4 Å². The number of pyridine rings is 1. The van der Waals surface area contributed by atoms with E-state index >= 15 is 0 Å². The molecule has 0 fully saturated rings. The van der Waals surface area contributed by atoms with Gasteiger partial charge in [-0.2, -0.15) is 10.2 Å². The lowest BCUT2D eigenvalue weighted by Crippen LogP contribution is -2.03. The van der Waals surface area contributed by atoms with Crippen LogP contribution in [0.3, 0.4) is 0 Å². The summed E-state index contributed by atoms with van der Waals surface area (Å²) >= 11 is 5.80. The number of methoxy groups -OCH3 is 1. The van der Waals surface area contributed by atoms with Crippen molar-refractivity contribution in [3.63, 3.8) is 0 Å². The van der Waals surface area contributed by atoms with Crippen LogP contribution in [-0.4, -0.2) is 62.4 Å². The van der Waals surface area contributed by atoms with Gasteiger partial charge in [0, 0.05) is 43.7 Å². The first-order valence-corrected chi connectivity index (χ1v) is 11.8. The Balaban J connectivity index is 0.000000152. The Morgan fingerprint density at radius 1 is 0.784 bits per heavy atom. The van der Waals surface area contributed by atoms with E-state index in [4.69, 9.17) is 16.3 Å². The number of alkyl halides is 1. The summed E-state index contributed by atoms with van der Waals surface area (Å²) in [5.74, 6) is 1.54. The molecule has 0 aliphatic heterocycles. The van der Waals surface area contributed by atoms with E-state index in [0.717, 1.165) is 44.8 Å². The third-order valence-electron chi connectivity index (χ3n) is 5.30. The lowest BCUT2D eigenvalue weighted by molar-refractivity contribution is 0.178. The van der Waals surface area contributed by atoms with Crippen molar-refractivity contribution in [2.75, 3.05) is 7.11 Å². The molecule has 0 amide bonds. The van der Waals surface area contributed by atoms with Gasteiger partial charge in [-0.15, -0.1) is 11.6 Å². The number of ether oxygens (including phenoxy) is 1. The van der Waals surface area contributed by atoms with Crippen molar-refractivity contribution in [2.45, 2.75) is 25.3 Å². The maximum absolute atomic E-state index is 5.80. The Labute approximate surface area is 216 Å². The van der Waals surface area contributed by atoms with Gasteiger partial charge in [0.15, 0.2) is 5.82 Å². The number of hydrogen-bond donors (Lipinski definition) is 2. The van der Waals surface area contributed by atoms with Gasteiger partial charge in [-0.05, 0) is 18.2 Å². The van der Waals surface area contributed by atoms with Gasteiger partial charge in [-0.25, -0.2) is 29.9 Å². The van der Waals surface area contributed by atoms with Crippen LogP contribution in [0.2, 0.25) is 0 Å². The third-order valence-corrected chi connectivity index (χ3v) is 5.54. The smallest absolute Gasteiger partial charge is 0.155 e. The first-order chi connectivity index (χ1) is 18.2. The highest BCUT2D eigenvalue weighted by Gasteiger charge is 2.11. The quantitative estimate of drug-likeness (QED) is 0.303. The number of halogens is 1. The molecule has 0 saturated heterocycles. The fraction of sp³-hybridized carbons (Fsp3) is 0.208. The molecular formula is C24H22ClN11O. The maximum atomic E-state index is 5.80. The van der Waals surface area contributed by atoms with Crippen LogP contribution in [0.15, 0.2) is 55.4 Å². The molecule has 6 aromatic rings. The van der Waals surface area contributed by atoms with E-state index in [0.29, 0.717) is 31.1 Å². The van der Waals surface area contributed by atoms with Crippen LogP contribution in [0.4, 0.5) is 0 Å². The van der Waals surface area contributed by atoms with Gasteiger partial charge < -0.3 is 4.74 Å². The first kappa shape index (κ1) is 24.3. The second-order valence-electron chi connectivity index (χ2n) is 7.88. The van der Waals surface area contributed by atoms with Crippen LogP contribution in [0, 0.1) is 0 Å². The average molecular weight is 516 g/mol. The molecule has 0 unspecified atom stereocenters.